The number of carbonyl (C=O) groups excluding carboxylic acids is 2. The van der Waals surface area contributed by atoms with Gasteiger partial charge in [0.15, 0.2) is 0 Å². The van der Waals surface area contributed by atoms with E-state index in [4.69, 9.17) is 0 Å². The second kappa shape index (κ2) is 8.51. The molecule has 2 amide bonds. The van der Waals surface area contributed by atoms with Crippen molar-refractivity contribution in [2.24, 2.45) is 0 Å². The minimum atomic E-state index is -0.498. The van der Waals surface area contributed by atoms with E-state index in [2.05, 4.69) is 5.32 Å². The Balaban J connectivity index is 1.80. The zero-order valence-corrected chi connectivity index (χ0v) is 15.6. The van der Waals surface area contributed by atoms with Crippen LogP contribution in [-0.4, -0.2) is 52.7 Å². The average Bonchev–Trinajstić information content (AvgIpc) is 2.95. The quantitative estimate of drug-likeness (QED) is 0.648. The summed E-state index contributed by atoms with van der Waals surface area (Å²) in [4.78, 5) is 38.8. The first-order valence-corrected chi connectivity index (χ1v) is 9.11. The van der Waals surface area contributed by atoms with Gasteiger partial charge in [0.25, 0.3) is 11.6 Å². The van der Waals surface area contributed by atoms with Crippen LogP contribution in [0.3, 0.4) is 0 Å². The van der Waals surface area contributed by atoms with Crippen LogP contribution in [0.4, 0.5) is 17.1 Å². The lowest BCUT2D eigenvalue weighted by atomic mass is 10.1. The second-order valence-corrected chi connectivity index (χ2v) is 6.63. The molecule has 0 atom stereocenters. The largest absolute Gasteiger partial charge is 0.350 e. The minimum absolute atomic E-state index is 0.0127. The fourth-order valence-electron chi connectivity index (χ4n) is 3.22. The molecular weight excluding hydrogens is 360 g/mol. The van der Waals surface area contributed by atoms with Gasteiger partial charge in [-0.05, 0) is 30.7 Å². The molecule has 1 aliphatic rings. The van der Waals surface area contributed by atoms with Crippen molar-refractivity contribution in [1.82, 2.24) is 9.80 Å². The molecule has 1 N–H and O–H groups in total. The lowest BCUT2D eigenvalue weighted by Crippen LogP contribution is -2.36. The molecule has 1 aliphatic heterocycles. The minimum Gasteiger partial charge on any atom is -0.350 e. The lowest BCUT2D eigenvalue weighted by Gasteiger charge is -2.21. The highest BCUT2D eigenvalue weighted by Gasteiger charge is 2.24. The number of amides is 2. The molecule has 1 fully saturated rings. The molecule has 2 aromatic carbocycles. The number of nitrogens with zero attached hydrogens (tertiary/aromatic N) is 3. The summed E-state index contributed by atoms with van der Waals surface area (Å²) in [6.07, 6.45) is 0.682. The molecule has 8 heteroatoms. The van der Waals surface area contributed by atoms with Crippen LogP contribution in [0.2, 0.25) is 0 Å². The molecule has 0 aliphatic carbocycles. The molecule has 1 saturated heterocycles. The molecule has 0 spiro atoms. The Bertz CT molecular complexity index is 885. The third kappa shape index (κ3) is 4.46. The molecular formula is C20H22N4O4. The van der Waals surface area contributed by atoms with E-state index >= 15 is 0 Å². The highest BCUT2D eigenvalue weighted by atomic mass is 16.6. The smallest absolute Gasteiger partial charge is 0.293 e. The summed E-state index contributed by atoms with van der Waals surface area (Å²) in [6.45, 7) is 3.52. The number of carbonyl (C=O) groups is 2. The molecule has 0 saturated carbocycles. The molecule has 3 rings (SSSR count). The number of benzene rings is 2. The first-order valence-electron chi connectivity index (χ1n) is 9.11. The van der Waals surface area contributed by atoms with E-state index in [-0.39, 0.29) is 23.1 Å². The van der Waals surface area contributed by atoms with Gasteiger partial charge >= 0.3 is 0 Å². The Morgan fingerprint density at radius 3 is 2.36 bits per heavy atom. The molecule has 0 unspecified atom stereocenters. The van der Waals surface area contributed by atoms with Crippen LogP contribution >= 0.6 is 0 Å². The topological polar surface area (TPSA) is 95.8 Å². The Morgan fingerprint density at radius 1 is 1.00 bits per heavy atom. The van der Waals surface area contributed by atoms with Gasteiger partial charge in [0, 0.05) is 50.4 Å². The molecule has 146 valence electrons. The third-order valence-corrected chi connectivity index (χ3v) is 4.72. The zero-order chi connectivity index (χ0) is 20.1. The first-order chi connectivity index (χ1) is 13.5. The van der Waals surface area contributed by atoms with Gasteiger partial charge in [0.1, 0.15) is 5.69 Å². The highest BCUT2D eigenvalue weighted by molar-refractivity contribution is 5.96. The molecule has 0 bridgehead atoms. The fourth-order valence-corrected chi connectivity index (χ4v) is 3.22. The van der Waals surface area contributed by atoms with Gasteiger partial charge in [-0.3, -0.25) is 19.7 Å². The number of hydrogen-bond acceptors (Lipinski definition) is 5. The Morgan fingerprint density at radius 2 is 1.68 bits per heavy atom. The highest BCUT2D eigenvalue weighted by Crippen LogP contribution is 2.29. The van der Waals surface area contributed by atoms with Crippen molar-refractivity contribution in [2.45, 2.75) is 13.3 Å². The Labute approximate surface area is 162 Å². The van der Waals surface area contributed by atoms with E-state index in [9.17, 15) is 19.7 Å². The van der Waals surface area contributed by atoms with Gasteiger partial charge in [0.2, 0.25) is 5.91 Å². The van der Waals surface area contributed by atoms with E-state index in [1.54, 1.807) is 34.1 Å². The van der Waals surface area contributed by atoms with Crippen molar-refractivity contribution in [3.63, 3.8) is 0 Å². The molecule has 28 heavy (non-hydrogen) atoms. The summed E-state index contributed by atoms with van der Waals surface area (Å²) in [6, 6.07) is 13.6. The third-order valence-electron chi connectivity index (χ3n) is 4.72. The van der Waals surface area contributed by atoms with Gasteiger partial charge in [-0.1, -0.05) is 18.2 Å². The van der Waals surface area contributed by atoms with Crippen LogP contribution in [0, 0.1) is 10.1 Å². The standard InChI is InChI=1S/C20H22N4O4/c1-15(25)22-10-5-11-23(13-12-22)20(26)16-8-9-18(19(14-16)24(27)28)21-17-6-3-2-4-7-17/h2-4,6-9,14,21H,5,10-13H2,1H3. The monoisotopic (exact) mass is 382 g/mol. The van der Waals surface area contributed by atoms with Crippen molar-refractivity contribution in [3.05, 3.63) is 64.2 Å². The predicted octanol–water partition coefficient (Wildman–Crippen LogP) is 3.03. The van der Waals surface area contributed by atoms with E-state index in [1.807, 2.05) is 18.2 Å². The van der Waals surface area contributed by atoms with E-state index < -0.39 is 4.92 Å². The average molecular weight is 382 g/mol. The maximum absolute atomic E-state index is 12.9. The maximum atomic E-state index is 12.9. The fraction of sp³-hybridized carbons (Fsp3) is 0.300. The number of nitrogens with one attached hydrogen (secondary N) is 1. The van der Waals surface area contributed by atoms with E-state index in [0.717, 1.165) is 5.69 Å². The van der Waals surface area contributed by atoms with Gasteiger partial charge in [0.05, 0.1) is 4.92 Å². The number of para-hydroxylation sites is 1. The SMILES string of the molecule is CC(=O)N1CCCN(C(=O)c2ccc(Nc3ccccc3)c([N+](=O)[O-])c2)CC1. The van der Waals surface area contributed by atoms with Gasteiger partial charge in [-0.25, -0.2) is 0 Å². The van der Waals surface area contributed by atoms with Crippen molar-refractivity contribution < 1.29 is 14.5 Å². The van der Waals surface area contributed by atoms with Crippen molar-refractivity contribution in [2.75, 3.05) is 31.5 Å². The summed E-state index contributed by atoms with van der Waals surface area (Å²) < 4.78 is 0. The molecule has 0 aromatic heterocycles. The Kier molecular flexibility index (Phi) is 5.88. The second-order valence-electron chi connectivity index (χ2n) is 6.63. The number of nitro groups is 1. The number of anilines is 2. The van der Waals surface area contributed by atoms with Crippen LogP contribution in [0.25, 0.3) is 0 Å². The molecule has 2 aromatic rings. The number of rotatable bonds is 4. The number of nitro benzene ring substituents is 1. The van der Waals surface area contributed by atoms with E-state index in [0.29, 0.717) is 38.3 Å². The van der Waals surface area contributed by atoms with Crippen LogP contribution in [-0.2, 0) is 4.79 Å². The normalized spacial score (nSPS) is 14.3. The van der Waals surface area contributed by atoms with Crippen LogP contribution in [0.1, 0.15) is 23.7 Å². The zero-order valence-electron chi connectivity index (χ0n) is 15.6. The number of hydrogen-bond donors (Lipinski definition) is 1. The van der Waals surface area contributed by atoms with Gasteiger partial charge in [-0.2, -0.15) is 0 Å². The molecule has 1 heterocycles. The van der Waals surface area contributed by atoms with Crippen LogP contribution in [0.15, 0.2) is 48.5 Å². The lowest BCUT2D eigenvalue weighted by molar-refractivity contribution is -0.383. The van der Waals surface area contributed by atoms with Gasteiger partial charge < -0.3 is 15.1 Å². The maximum Gasteiger partial charge on any atom is 0.293 e. The van der Waals surface area contributed by atoms with Crippen LogP contribution < -0.4 is 5.32 Å². The van der Waals surface area contributed by atoms with Crippen LogP contribution in [0.5, 0.6) is 0 Å². The van der Waals surface area contributed by atoms with Crippen molar-refractivity contribution in [1.29, 1.82) is 0 Å². The molecule has 0 radical (unpaired) electrons. The van der Waals surface area contributed by atoms with Crippen molar-refractivity contribution >= 4 is 28.9 Å². The molecule has 8 nitrogen and oxygen atoms in total. The summed E-state index contributed by atoms with van der Waals surface area (Å²) in [7, 11) is 0. The predicted molar refractivity (Wildman–Crippen MR) is 106 cm³/mol. The van der Waals surface area contributed by atoms with Crippen molar-refractivity contribution in [3.8, 4) is 0 Å². The first kappa shape index (κ1) is 19.3. The summed E-state index contributed by atoms with van der Waals surface area (Å²) in [5, 5.41) is 14.5. The Hall–Kier alpha value is -3.42. The van der Waals surface area contributed by atoms with E-state index in [1.165, 1.54) is 13.0 Å². The summed E-state index contributed by atoms with van der Waals surface area (Å²) in [5.41, 5.74) is 1.16. The summed E-state index contributed by atoms with van der Waals surface area (Å²) >= 11 is 0. The van der Waals surface area contributed by atoms with Gasteiger partial charge in [-0.15, -0.1) is 0 Å². The summed E-state index contributed by atoms with van der Waals surface area (Å²) in [5.74, 6) is -0.277.